The predicted molar refractivity (Wildman–Crippen MR) is 66.9 cm³/mol. The maximum absolute atomic E-state index is 9.79. The molecule has 0 saturated carbocycles. The van der Waals surface area contributed by atoms with E-state index in [0.717, 1.165) is 13.0 Å². The fourth-order valence-corrected chi connectivity index (χ4v) is 5.40. The van der Waals surface area contributed by atoms with Gasteiger partial charge in [0.2, 0.25) is 0 Å². The Morgan fingerprint density at radius 3 is 2.07 bits per heavy atom. The SMILES string of the molecule is CO[Si](O)(CCCN([SiH2]C)[SiH2]C)OC. The van der Waals surface area contributed by atoms with E-state index in [1.165, 1.54) is 14.2 Å². The third-order valence-electron chi connectivity index (χ3n) is 2.50. The van der Waals surface area contributed by atoms with Crippen molar-refractivity contribution >= 4 is 28.2 Å². The van der Waals surface area contributed by atoms with Gasteiger partial charge >= 0.3 is 8.80 Å². The molecule has 0 aromatic rings. The van der Waals surface area contributed by atoms with E-state index in [1.54, 1.807) is 0 Å². The van der Waals surface area contributed by atoms with Crippen molar-refractivity contribution in [2.45, 2.75) is 25.6 Å². The summed E-state index contributed by atoms with van der Waals surface area (Å²) >= 11 is 0. The van der Waals surface area contributed by atoms with Crippen molar-refractivity contribution in [3.05, 3.63) is 0 Å². The third kappa shape index (κ3) is 5.39. The topological polar surface area (TPSA) is 41.9 Å². The molecule has 7 heteroatoms. The second-order valence-electron chi connectivity index (χ2n) is 3.25. The van der Waals surface area contributed by atoms with Gasteiger partial charge in [0.05, 0.1) is 19.4 Å². The second kappa shape index (κ2) is 7.74. The molecular weight excluding hydrogens is 230 g/mol. The molecule has 1 N–H and O–H groups in total. The van der Waals surface area contributed by atoms with Crippen LogP contribution in [0.15, 0.2) is 0 Å². The molecule has 0 heterocycles. The Morgan fingerprint density at radius 2 is 1.71 bits per heavy atom. The van der Waals surface area contributed by atoms with E-state index in [1.807, 2.05) is 0 Å². The fraction of sp³-hybridized carbons (Fsp3) is 1.00. The van der Waals surface area contributed by atoms with Gasteiger partial charge in [-0.2, -0.15) is 0 Å². The summed E-state index contributed by atoms with van der Waals surface area (Å²) in [6.07, 6.45) is 0.992. The minimum absolute atomic E-state index is 0.00150. The standard InChI is InChI=1S/C7H23NO3Si3/c1-10-14(9,11-2)7-5-6-8(12-3)13-4/h9H,5-7,12-13H2,1-4H3. The molecule has 0 unspecified atom stereocenters. The van der Waals surface area contributed by atoms with Crippen molar-refractivity contribution in [2.75, 3.05) is 20.8 Å². The highest BCUT2D eigenvalue weighted by molar-refractivity contribution is 6.59. The van der Waals surface area contributed by atoms with Crippen LogP contribution in [0.1, 0.15) is 6.42 Å². The maximum atomic E-state index is 9.79. The number of nitrogens with zero attached hydrogens (tertiary/aromatic N) is 1. The van der Waals surface area contributed by atoms with Gasteiger partial charge in [-0.05, 0) is 13.0 Å². The van der Waals surface area contributed by atoms with Crippen molar-refractivity contribution in [2.24, 2.45) is 0 Å². The Hall–Kier alpha value is 0.491. The summed E-state index contributed by atoms with van der Waals surface area (Å²) in [5.41, 5.74) is 0. The fourth-order valence-electron chi connectivity index (χ4n) is 1.35. The van der Waals surface area contributed by atoms with E-state index in [-0.39, 0.29) is 19.4 Å². The Balaban J connectivity index is 3.70. The minimum Gasteiger partial charge on any atom is -0.390 e. The molecule has 0 spiro atoms. The van der Waals surface area contributed by atoms with E-state index in [2.05, 4.69) is 17.3 Å². The van der Waals surface area contributed by atoms with Gasteiger partial charge in [0.15, 0.2) is 0 Å². The molecule has 86 valence electrons. The molecule has 0 aliphatic rings. The zero-order chi connectivity index (χ0) is 11.0. The lowest BCUT2D eigenvalue weighted by Gasteiger charge is -2.22. The van der Waals surface area contributed by atoms with Gasteiger partial charge in [0.1, 0.15) is 0 Å². The quantitative estimate of drug-likeness (QED) is 0.573. The van der Waals surface area contributed by atoms with Crippen LogP contribution in [-0.2, 0) is 8.85 Å². The van der Waals surface area contributed by atoms with Crippen molar-refractivity contribution < 1.29 is 13.6 Å². The lowest BCUT2D eigenvalue weighted by molar-refractivity contribution is 0.150. The molecule has 0 bridgehead atoms. The van der Waals surface area contributed by atoms with E-state index in [9.17, 15) is 4.80 Å². The summed E-state index contributed by atoms with van der Waals surface area (Å²) in [7, 11) is 0.260. The van der Waals surface area contributed by atoms with Crippen LogP contribution in [0.2, 0.25) is 19.1 Å². The predicted octanol–water partition coefficient (Wildman–Crippen LogP) is -0.834. The van der Waals surface area contributed by atoms with Crippen LogP contribution in [0.5, 0.6) is 0 Å². The first-order valence-electron chi connectivity index (χ1n) is 5.16. The van der Waals surface area contributed by atoms with Gasteiger partial charge in [-0.3, -0.25) is 0 Å². The Labute approximate surface area is 92.8 Å². The molecule has 0 aliphatic carbocycles. The summed E-state index contributed by atoms with van der Waals surface area (Å²) in [6.45, 7) is 5.74. The lowest BCUT2D eigenvalue weighted by atomic mass is 10.5. The lowest BCUT2D eigenvalue weighted by Crippen LogP contribution is -2.41. The van der Waals surface area contributed by atoms with Crippen LogP contribution in [0, 0.1) is 0 Å². The highest BCUT2D eigenvalue weighted by Crippen LogP contribution is 2.10. The van der Waals surface area contributed by atoms with Gasteiger partial charge in [-0.1, -0.05) is 13.1 Å². The minimum atomic E-state index is -2.79. The summed E-state index contributed by atoms with van der Waals surface area (Å²) in [6, 6.07) is 0.680. The highest BCUT2D eigenvalue weighted by atomic mass is 28.4. The van der Waals surface area contributed by atoms with Crippen LogP contribution in [-0.4, -0.2) is 58.0 Å². The van der Waals surface area contributed by atoms with Crippen LogP contribution >= 0.6 is 0 Å². The van der Waals surface area contributed by atoms with Gasteiger partial charge in [0.25, 0.3) is 0 Å². The van der Waals surface area contributed by atoms with Gasteiger partial charge in [-0.25, -0.2) is 0 Å². The molecule has 0 fully saturated rings. The molecule has 0 radical (unpaired) electrons. The normalized spacial score (nSPS) is 14.1. The Kier molecular flexibility index (Phi) is 8.01. The van der Waals surface area contributed by atoms with E-state index >= 15 is 0 Å². The molecule has 14 heavy (non-hydrogen) atoms. The summed E-state index contributed by atoms with van der Waals surface area (Å²) in [4.78, 5) is 9.79. The molecule has 0 saturated heterocycles. The van der Waals surface area contributed by atoms with Crippen molar-refractivity contribution in [1.82, 2.24) is 4.23 Å². The molecule has 0 aromatic carbocycles. The molecule has 0 rings (SSSR count). The molecule has 0 atom stereocenters. The van der Waals surface area contributed by atoms with Crippen LogP contribution in [0.3, 0.4) is 0 Å². The van der Waals surface area contributed by atoms with Gasteiger partial charge in [-0.15, -0.1) is 0 Å². The molecule has 0 aromatic heterocycles. The van der Waals surface area contributed by atoms with E-state index < -0.39 is 8.80 Å². The first kappa shape index (κ1) is 14.5. The first-order valence-corrected chi connectivity index (χ1v) is 11.2. The average Bonchev–Trinajstić information content (AvgIpc) is 2.24. The molecule has 0 aliphatic heterocycles. The first-order chi connectivity index (χ1) is 6.61. The van der Waals surface area contributed by atoms with Crippen LogP contribution < -0.4 is 0 Å². The largest absolute Gasteiger partial charge is 0.497 e. The zero-order valence-corrected chi connectivity index (χ0v) is 13.6. The summed E-state index contributed by atoms with van der Waals surface area (Å²) < 4.78 is 12.6. The van der Waals surface area contributed by atoms with Gasteiger partial charge < -0.3 is 17.9 Å². The number of hydrogen-bond donors (Lipinski definition) is 1. The van der Waals surface area contributed by atoms with Crippen molar-refractivity contribution in [3.8, 4) is 0 Å². The van der Waals surface area contributed by atoms with E-state index in [0.29, 0.717) is 6.04 Å². The monoisotopic (exact) mass is 253 g/mol. The van der Waals surface area contributed by atoms with Crippen LogP contribution in [0.4, 0.5) is 0 Å². The summed E-state index contributed by atoms with van der Waals surface area (Å²) in [5, 5.41) is 0. The van der Waals surface area contributed by atoms with Crippen LogP contribution in [0.25, 0.3) is 0 Å². The van der Waals surface area contributed by atoms with Crippen molar-refractivity contribution in [1.29, 1.82) is 0 Å². The number of rotatable bonds is 8. The smallest absolute Gasteiger partial charge is 0.390 e. The van der Waals surface area contributed by atoms with Crippen molar-refractivity contribution in [3.63, 3.8) is 0 Å². The van der Waals surface area contributed by atoms with Gasteiger partial charge in [0, 0.05) is 20.3 Å². The number of hydrogen-bond acceptors (Lipinski definition) is 4. The molecule has 4 nitrogen and oxygen atoms in total. The molecular formula is C7H23NO3Si3. The maximum Gasteiger partial charge on any atom is 0.497 e. The molecule has 0 amide bonds. The Morgan fingerprint density at radius 1 is 1.21 bits per heavy atom. The average molecular weight is 254 g/mol. The van der Waals surface area contributed by atoms with E-state index in [4.69, 9.17) is 8.85 Å². The third-order valence-corrected chi connectivity index (χ3v) is 9.87. The highest BCUT2D eigenvalue weighted by Gasteiger charge is 2.33. The second-order valence-corrected chi connectivity index (χ2v) is 9.94. The zero-order valence-electron chi connectivity index (χ0n) is 9.75. The Bertz CT molecular complexity index is 142. The summed E-state index contributed by atoms with van der Waals surface area (Å²) in [5.74, 6) is 0.